The lowest BCUT2D eigenvalue weighted by Gasteiger charge is -2.16. The van der Waals surface area contributed by atoms with Gasteiger partial charge in [0, 0.05) is 3.57 Å². The van der Waals surface area contributed by atoms with E-state index in [2.05, 4.69) is 27.6 Å². The van der Waals surface area contributed by atoms with Crippen molar-refractivity contribution < 1.29 is 0 Å². The van der Waals surface area contributed by atoms with Gasteiger partial charge in [-0.1, -0.05) is 18.2 Å². The van der Waals surface area contributed by atoms with E-state index in [1.165, 1.54) is 0 Å². The molecule has 0 radical (unpaired) electrons. The van der Waals surface area contributed by atoms with Gasteiger partial charge in [-0.15, -0.1) is 0 Å². The molecule has 3 rings (SSSR count). The normalized spacial score (nSPS) is 12.5. The van der Waals surface area contributed by atoms with Gasteiger partial charge in [-0.05, 0) is 59.8 Å². The summed E-state index contributed by atoms with van der Waals surface area (Å²) < 4.78 is 2.61. The Morgan fingerprint density at radius 2 is 1.90 bits per heavy atom. The molecule has 0 spiro atoms. The van der Waals surface area contributed by atoms with E-state index in [4.69, 9.17) is 5.73 Å². The van der Waals surface area contributed by atoms with Gasteiger partial charge in [-0.25, -0.2) is 4.98 Å². The van der Waals surface area contributed by atoms with Crippen LogP contribution in [0.3, 0.4) is 0 Å². The summed E-state index contributed by atoms with van der Waals surface area (Å²) in [6.45, 7) is 1.83. The van der Waals surface area contributed by atoms with Crippen LogP contribution in [0.5, 0.6) is 0 Å². The van der Waals surface area contributed by atoms with E-state index in [9.17, 15) is 4.79 Å². The lowest BCUT2D eigenvalue weighted by molar-refractivity contribution is 0.696. The number of hydrogen-bond acceptors (Lipinski definition) is 3. The van der Waals surface area contributed by atoms with Crippen LogP contribution in [0.2, 0.25) is 0 Å². The molecule has 0 saturated carbocycles. The maximum Gasteiger partial charge on any atom is 0.266 e. The number of fused-ring (bicyclic) bond motifs is 1. The molecule has 0 aliphatic heterocycles. The number of aromatic nitrogens is 2. The monoisotopic (exact) mass is 391 g/mol. The quantitative estimate of drug-likeness (QED) is 0.684. The molecule has 21 heavy (non-hydrogen) atoms. The largest absolute Gasteiger partial charge is 0.322 e. The van der Waals surface area contributed by atoms with E-state index < -0.39 is 0 Å². The third kappa shape index (κ3) is 2.58. The molecular weight excluding hydrogens is 377 g/mol. The Morgan fingerprint density at radius 1 is 1.19 bits per heavy atom. The Labute approximate surface area is 135 Å². The smallest absolute Gasteiger partial charge is 0.266 e. The highest BCUT2D eigenvalue weighted by atomic mass is 127. The van der Waals surface area contributed by atoms with Crippen molar-refractivity contribution in [2.45, 2.75) is 13.0 Å². The summed E-state index contributed by atoms with van der Waals surface area (Å²) in [6, 6.07) is 14.8. The SMILES string of the molecule is C[C@H](N)c1nc2ccc(I)cc2c(=O)n1-c1ccccc1. The summed E-state index contributed by atoms with van der Waals surface area (Å²) in [7, 11) is 0. The maximum atomic E-state index is 12.9. The molecule has 1 heterocycles. The maximum absolute atomic E-state index is 12.9. The van der Waals surface area contributed by atoms with Crippen LogP contribution in [0.15, 0.2) is 53.3 Å². The highest BCUT2D eigenvalue weighted by Gasteiger charge is 2.15. The van der Waals surface area contributed by atoms with Crippen LogP contribution < -0.4 is 11.3 Å². The van der Waals surface area contributed by atoms with Crippen molar-refractivity contribution in [3.8, 4) is 5.69 Å². The van der Waals surface area contributed by atoms with Gasteiger partial charge in [0.25, 0.3) is 5.56 Å². The van der Waals surface area contributed by atoms with Gasteiger partial charge in [-0.2, -0.15) is 0 Å². The summed E-state index contributed by atoms with van der Waals surface area (Å²) >= 11 is 2.19. The minimum Gasteiger partial charge on any atom is -0.322 e. The summed E-state index contributed by atoms with van der Waals surface area (Å²) in [5, 5.41) is 0.607. The van der Waals surface area contributed by atoms with Crippen molar-refractivity contribution in [2.24, 2.45) is 5.73 Å². The molecule has 2 aromatic carbocycles. The highest BCUT2D eigenvalue weighted by Crippen LogP contribution is 2.18. The number of para-hydroxylation sites is 1. The number of benzene rings is 2. The first-order valence-electron chi connectivity index (χ1n) is 6.61. The third-order valence-electron chi connectivity index (χ3n) is 3.28. The summed E-state index contributed by atoms with van der Waals surface area (Å²) in [5.74, 6) is 0.569. The first-order valence-corrected chi connectivity index (χ1v) is 7.69. The Hall–Kier alpha value is -1.73. The van der Waals surface area contributed by atoms with E-state index in [1.54, 1.807) is 4.57 Å². The van der Waals surface area contributed by atoms with Crippen LogP contribution in [0, 0.1) is 3.57 Å². The molecule has 0 fully saturated rings. The molecule has 0 aliphatic carbocycles. The first-order chi connectivity index (χ1) is 10.1. The first kappa shape index (κ1) is 14.2. The van der Waals surface area contributed by atoms with E-state index >= 15 is 0 Å². The minimum atomic E-state index is -0.332. The number of rotatable bonds is 2. The fourth-order valence-electron chi connectivity index (χ4n) is 2.31. The molecular formula is C16H14IN3O. The minimum absolute atomic E-state index is 0.0861. The van der Waals surface area contributed by atoms with Gasteiger partial charge >= 0.3 is 0 Å². The molecule has 0 saturated heterocycles. The number of halogens is 1. The predicted molar refractivity (Wildman–Crippen MR) is 92.7 cm³/mol. The van der Waals surface area contributed by atoms with E-state index in [-0.39, 0.29) is 11.6 Å². The zero-order valence-corrected chi connectivity index (χ0v) is 13.6. The Kier molecular flexibility index (Phi) is 3.77. The van der Waals surface area contributed by atoms with Crippen molar-refractivity contribution in [3.63, 3.8) is 0 Å². The van der Waals surface area contributed by atoms with Gasteiger partial charge < -0.3 is 5.73 Å². The van der Waals surface area contributed by atoms with Crippen molar-refractivity contribution in [1.82, 2.24) is 9.55 Å². The number of hydrogen-bond donors (Lipinski definition) is 1. The average Bonchev–Trinajstić information content (AvgIpc) is 2.48. The lowest BCUT2D eigenvalue weighted by atomic mass is 10.2. The molecule has 106 valence electrons. The van der Waals surface area contributed by atoms with Crippen molar-refractivity contribution >= 4 is 33.5 Å². The molecule has 0 aliphatic rings. The zero-order chi connectivity index (χ0) is 15.0. The molecule has 5 heteroatoms. The lowest BCUT2D eigenvalue weighted by Crippen LogP contribution is -2.27. The predicted octanol–water partition coefficient (Wildman–Crippen LogP) is 3.01. The second-order valence-corrected chi connectivity index (χ2v) is 6.14. The van der Waals surface area contributed by atoms with E-state index in [1.807, 2.05) is 55.5 Å². The molecule has 1 atom stereocenters. The van der Waals surface area contributed by atoms with Crippen LogP contribution in [-0.2, 0) is 0 Å². The van der Waals surface area contributed by atoms with Gasteiger partial charge in [0.2, 0.25) is 0 Å². The Balaban J connectivity index is 2.43. The van der Waals surface area contributed by atoms with Crippen LogP contribution in [0.4, 0.5) is 0 Å². The molecule has 0 bridgehead atoms. The van der Waals surface area contributed by atoms with Gasteiger partial charge in [0.1, 0.15) is 5.82 Å². The van der Waals surface area contributed by atoms with E-state index in [0.29, 0.717) is 16.7 Å². The number of nitrogens with two attached hydrogens (primary N) is 1. The standard InChI is InChI=1S/C16H14IN3O/c1-10(18)15-19-14-8-7-11(17)9-13(14)16(21)20(15)12-5-3-2-4-6-12/h2-10H,18H2,1H3/t10-/m0/s1. The zero-order valence-electron chi connectivity index (χ0n) is 11.5. The Morgan fingerprint density at radius 3 is 2.57 bits per heavy atom. The molecule has 2 N–H and O–H groups in total. The van der Waals surface area contributed by atoms with Gasteiger partial charge in [-0.3, -0.25) is 9.36 Å². The second kappa shape index (κ2) is 5.57. The van der Waals surface area contributed by atoms with Crippen LogP contribution in [0.1, 0.15) is 18.8 Å². The van der Waals surface area contributed by atoms with Crippen LogP contribution in [-0.4, -0.2) is 9.55 Å². The summed E-state index contributed by atoms with van der Waals surface area (Å²) in [4.78, 5) is 17.5. The fourth-order valence-corrected chi connectivity index (χ4v) is 2.80. The number of nitrogens with zero attached hydrogens (tertiary/aromatic N) is 2. The topological polar surface area (TPSA) is 60.9 Å². The van der Waals surface area contributed by atoms with Crippen molar-refractivity contribution in [3.05, 3.63) is 68.3 Å². The summed E-state index contributed by atoms with van der Waals surface area (Å²) in [5.41, 5.74) is 7.39. The fraction of sp³-hybridized carbons (Fsp3) is 0.125. The third-order valence-corrected chi connectivity index (χ3v) is 3.95. The molecule has 1 aromatic heterocycles. The van der Waals surface area contributed by atoms with Crippen LogP contribution in [0.25, 0.3) is 16.6 Å². The van der Waals surface area contributed by atoms with Gasteiger partial charge in [0.15, 0.2) is 0 Å². The average molecular weight is 391 g/mol. The molecule has 0 amide bonds. The highest BCUT2D eigenvalue weighted by molar-refractivity contribution is 14.1. The molecule has 3 aromatic rings. The van der Waals surface area contributed by atoms with Gasteiger partial charge in [0.05, 0.1) is 22.6 Å². The van der Waals surface area contributed by atoms with Crippen molar-refractivity contribution in [1.29, 1.82) is 0 Å². The Bertz CT molecular complexity index is 857. The van der Waals surface area contributed by atoms with Crippen molar-refractivity contribution in [2.75, 3.05) is 0 Å². The second-order valence-electron chi connectivity index (χ2n) is 4.90. The summed E-state index contributed by atoms with van der Waals surface area (Å²) in [6.07, 6.45) is 0. The molecule has 0 unspecified atom stereocenters. The van der Waals surface area contributed by atoms with E-state index in [0.717, 1.165) is 9.26 Å². The van der Waals surface area contributed by atoms with Crippen LogP contribution >= 0.6 is 22.6 Å². The molecule has 4 nitrogen and oxygen atoms in total.